The fraction of sp³-hybridized carbons (Fsp3) is 0.412. The third-order valence-corrected chi connectivity index (χ3v) is 4.39. The number of benzene rings is 1. The second kappa shape index (κ2) is 5.70. The molecule has 0 aliphatic carbocycles. The summed E-state index contributed by atoms with van der Waals surface area (Å²) in [6.07, 6.45) is 2.18. The van der Waals surface area contributed by atoms with E-state index in [1.165, 1.54) is 0 Å². The molecule has 3 aromatic rings. The lowest BCUT2D eigenvalue weighted by molar-refractivity contribution is 0.229. The summed E-state index contributed by atoms with van der Waals surface area (Å²) in [5.41, 5.74) is 2.03. The molecule has 6 nitrogen and oxygen atoms in total. The van der Waals surface area contributed by atoms with Crippen molar-refractivity contribution in [2.45, 2.75) is 39.3 Å². The largest absolute Gasteiger partial charge is 0.340 e. The Morgan fingerprint density at radius 3 is 2.87 bits per heavy atom. The van der Waals surface area contributed by atoms with Crippen molar-refractivity contribution in [2.24, 2.45) is 0 Å². The number of fused-ring (bicyclic) bond motifs is 1. The minimum Gasteiger partial charge on any atom is -0.340 e. The first-order valence-corrected chi connectivity index (χ1v) is 7.97. The third kappa shape index (κ3) is 2.70. The smallest absolute Gasteiger partial charge is 0.223 e. The van der Waals surface area contributed by atoms with Crippen molar-refractivity contribution >= 4 is 10.9 Å². The number of rotatable bonds is 3. The van der Waals surface area contributed by atoms with Gasteiger partial charge in [0.15, 0.2) is 5.82 Å². The van der Waals surface area contributed by atoms with Gasteiger partial charge >= 0.3 is 0 Å². The molecule has 0 saturated carbocycles. The Balaban J connectivity index is 1.62. The number of nitrogens with zero attached hydrogens (tertiary/aromatic N) is 5. The van der Waals surface area contributed by atoms with E-state index >= 15 is 0 Å². The van der Waals surface area contributed by atoms with Gasteiger partial charge in [-0.1, -0.05) is 23.4 Å². The molecule has 6 heteroatoms. The number of para-hydroxylation sites is 1. The summed E-state index contributed by atoms with van der Waals surface area (Å²) in [5.74, 6) is 2.25. The van der Waals surface area contributed by atoms with E-state index < -0.39 is 0 Å². The first-order chi connectivity index (χ1) is 11.2. The van der Waals surface area contributed by atoms with E-state index in [4.69, 9.17) is 9.51 Å². The normalized spacial score (nSPS) is 18.8. The van der Waals surface area contributed by atoms with Crippen LogP contribution in [-0.2, 0) is 6.54 Å². The fourth-order valence-corrected chi connectivity index (χ4v) is 3.31. The molecule has 23 heavy (non-hydrogen) atoms. The van der Waals surface area contributed by atoms with Crippen LogP contribution in [0.5, 0.6) is 0 Å². The number of aryl methyl sites for hydroxylation is 2. The Morgan fingerprint density at radius 1 is 1.17 bits per heavy atom. The molecule has 118 valence electrons. The van der Waals surface area contributed by atoms with E-state index in [1.807, 2.05) is 32.0 Å². The summed E-state index contributed by atoms with van der Waals surface area (Å²) >= 11 is 0. The Labute approximate surface area is 134 Å². The number of likely N-dealkylation sites (tertiary alicyclic amines) is 1. The van der Waals surface area contributed by atoms with Gasteiger partial charge in [0.05, 0.1) is 18.1 Å². The van der Waals surface area contributed by atoms with Crippen LogP contribution >= 0.6 is 0 Å². The zero-order valence-electron chi connectivity index (χ0n) is 13.4. The van der Waals surface area contributed by atoms with Gasteiger partial charge in [0.1, 0.15) is 5.82 Å². The molecule has 1 aliphatic heterocycles. The van der Waals surface area contributed by atoms with Crippen molar-refractivity contribution in [3.8, 4) is 0 Å². The second-order valence-corrected chi connectivity index (χ2v) is 6.04. The lowest BCUT2D eigenvalue weighted by atomic mass is 10.2. The monoisotopic (exact) mass is 309 g/mol. The minimum absolute atomic E-state index is 0.197. The quantitative estimate of drug-likeness (QED) is 0.741. The predicted molar refractivity (Wildman–Crippen MR) is 85.7 cm³/mol. The molecule has 4 rings (SSSR count). The van der Waals surface area contributed by atoms with E-state index in [9.17, 15) is 0 Å². The Hall–Kier alpha value is -2.34. The molecule has 1 fully saturated rings. The van der Waals surface area contributed by atoms with Gasteiger partial charge in [-0.2, -0.15) is 4.98 Å². The SMILES string of the molecule is Cc1nc([C@@H]2CCCN2Cc2nc(C)c3ccccc3n2)no1. The highest BCUT2D eigenvalue weighted by molar-refractivity contribution is 5.80. The first-order valence-electron chi connectivity index (χ1n) is 7.97. The van der Waals surface area contributed by atoms with E-state index in [2.05, 4.69) is 26.1 Å². The molecule has 2 aromatic heterocycles. The molecule has 1 atom stereocenters. The summed E-state index contributed by atoms with van der Waals surface area (Å²) in [6.45, 7) is 5.58. The fourth-order valence-electron chi connectivity index (χ4n) is 3.31. The first kappa shape index (κ1) is 14.3. The third-order valence-electron chi connectivity index (χ3n) is 4.39. The molecular weight excluding hydrogens is 290 g/mol. The molecule has 1 aliphatic rings. The minimum atomic E-state index is 0.197. The Morgan fingerprint density at radius 2 is 2.04 bits per heavy atom. The highest BCUT2D eigenvalue weighted by atomic mass is 16.5. The maximum atomic E-state index is 5.13. The maximum Gasteiger partial charge on any atom is 0.223 e. The van der Waals surface area contributed by atoms with Crippen molar-refractivity contribution in [3.05, 3.63) is 47.5 Å². The average Bonchev–Trinajstić information content (AvgIpc) is 3.16. The van der Waals surface area contributed by atoms with E-state index in [0.717, 1.165) is 47.6 Å². The van der Waals surface area contributed by atoms with Gasteiger partial charge in [-0.05, 0) is 32.4 Å². The highest BCUT2D eigenvalue weighted by Crippen LogP contribution is 2.31. The molecule has 0 spiro atoms. The molecule has 0 N–H and O–H groups in total. The van der Waals surface area contributed by atoms with Crippen LogP contribution < -0.4 is 0 Å². The summed E-state index contributed by atoms with van der Waals surface area (Å²) < 4.78 is 5.13. The Bertz CT molecular complexity index is 844. The summed E-state index contributed by atoms with van der Waals surface area (Å²) in [6, 6.07) is 8.34. The molecule has 0 unspecified atom stereocenters. The van der Waals surface area contributed by atoms with Gasteiger partial charge in [0, 0.05) is 18.0 Å². The van der Waals surface area contributed by atoms with E-state index in [1.54, 1.807) is 0 Å². The summed E-state index contributed by atoms with van der Waals surface area (Å²) in [5, 5.41) is 5.20. The molecule has 0 radical (unpaired) electrons. The maximum absolute atomic E-state index is 5.13. The molecule has 0 amide bonds. The van der Waals surface area contributed by atoms with Crippen LogP contribution in [0.1, 0.15) is 42.1 Å². The van der Waals surface area contributed by atoms with E-state index in [0.29, 0.717) is 12.4 Å². The zero-order valence-corrected chi connectivity index (χ0v) is 13.4. The predicted octanol–water partition coefficient (Wildman–Crippen LogP) is 2.97. The average molecular weight is 309 g/mol. The van der Waals surface area contributed by atoms with E-state index in [-0.39, 0.29) is 6.04 Å². The van der Waals surface area contributed by atoms with Crippen LogP contribution in [0.3, 0.4) is 0 Å². The van der Waals surface area contributed by atoms with Crippen LogP contribution in [0, 0.1) is 13.8 Å². The van der Waals surface area contributed by atoms with Crippen molar-refractivity contribution in [3.63, 3.8) is 0 Å². The molecular formula is C17H19N5O. The second-order valence-electron chi connectivity index (χ2n) is 6.04. The standard InChI is InChI=1S/C17H19N5O/c1-11-13-6-3-4-7-14(13)20-16(18-11)10-22-9-5-8-15(22)17-19-12(2)23-21-17/h3-4,6-7,15H,5,8-10H2,1-2H3/t15-/m0/s1. The molecule has 3 heterocycles. The van der Waals surface area contributed by atoms with Crippen LogP contribution in [-0.4, -0.2) is 31.6 Å². The van der Waals surface area contributed by atoms with Crippen molar-refractivity contribution < 1.29 is 4.52 Å². The lowest BCUT2D eigenvalue weighted by Gasteiger charge is -2.21. The van der Waals surface area contributed by atoms with Crippen LogP contribution in [0.4, 0.5) is 0 Å². The molecule has 1 saturated heterocycles. The zero-order chi connectivity index (χ0) is 15.8. The van der Waals surface area contributed by atoms with Gasteiger partial charge in [0.2, 0.25) is 5.89 Å². The molecule has 1 aromatic carbocycles. The van der Waals surface area contributed by atoms with Gasteiger partial charge in [0.25, 0.3) is 0 Å². The number of hydrogen-bond acceptors (Lipinski definition) is 6. The van der Waals surface area contributed by atoms with Crippen molar-refractivity contribution in [1.82, 2.24) is 25.0 Å². The lowest BCUT2D eigenvalue weighted by Crippen LogP contribution is -2.25. The topological polar surface area (TPSA) is 67.9 Å². The van der Waals surface area contributed by atoms with Gasteiger partial charge in [-0.3, -0.25) is 4.90 Å². The number of hydrogen-bond donors (Lipinski definition) is 0. The highest BCUT2D eigenvalue weighted by Gasteiger charge is 2.30. The summed E-state index contributed by atoms with van der Waals surface area (Å²) in [4.78, 5) is 16.1. The van der Waals surface area contributed by atoms with Gasteiger partial charge < -0.3 is 4.52 Å². The van der Waals surface area contributed by atoms with Gasteiger partial charge in [-0.25, -0.2) is 9.97 Å². The van der Waals surface area contributed by atoms with Crippen LogP contribution in [0.2, 0.25) is 0 Å². The number of aromatic nitrogens is 4. The van der Waals surface area contributed by atoms with Crippen molar-refractivity contribution in [2.75, 3.05) is 6.54 Å². The van der Waals surface area contributed by atoms with Crippen LogP contribution in [0.15, 0.2) is 28.8 Å². The molecule has 0 bridgehead atoms. The van der Waals surface area contributed by atoms with Gasteiger partial charge in [-0.15, -0.1) is 0 Å². The summed E-state index contributed by atoms with van der Waals surface area (Å²) in [7, 11) is 0. The van der Waals surface area contributed by atoms with Crippen molar-refractivity contribution in [1.29, 1.82) is 0 Å². The van der Waals surface area contributed by atoms with Crippen LogP contribution in [0.25, 0.3) is 10.9 Å². The Kier molecular flexibility index (Phi) is 3.53.